The molecule has 0 aliphatic heterocycles. The van der Waals surface area contributed by atoms with Gasteiger partial charge in [0.15, 0.2) is 0 Å². The predicted octanol–water partition coefficient (Wildman–Crippen LogP) is 1.11. The first kappa shape index (κ1) is 8.01. The Balaban J connectivity index is 2.91. The Morgan fingerprint density at radius 2 is 2.27 bits per heavy atom. The van der Waals surface area contributed by atoms with Crippen molar-refractivity contribution in [3.05, 3.63) is 24.0 Å². The standard InChI is InChI=1S/C8H12N2O/c1-6(9)7-3-8(11-2)5-10-4-7/h3-6H,9H2,1-2H3/t6-/m0/s1. The van der Waals surface area contributed by atoms with Crippen LogP contribution in [-0.4, -0.2) is 12.1 Å². The molecule has 0 radical (unpaired) electrons. The zero-order valence-electron chi connectivity index (χ0n) is 6.74. The molecule has 3 heteroatoms. The van der Waals surface area contributed by atoms with E-state index >= 15 is 0 Å². The molecule has 0 saturated carbocycles. The highest BCUT2D eigenvalue weighted by Gasteiger charge is 2.00. The van der Waals surface area contributed by atoms with Crippen molar-refractivity contribution in [1.82, 2.24) is 4.98 Å². The summed E-state index contributed by atoms with van der Waals surface area (Å²) in [7, 11) is 1.61. The van der Waals surface area contributed by atoms with Crippen molar-refractivity contribution in [2.24, 2.45) is 5.73 Å². The molecule has 3 nitrogen and oxygen atoms in total. The zero-order chi connectivity index (χ0) is 8.27. The minimum absolute atomic E-state index is 0.0117. The van der Waals surface area contributed by atoms with Gasteiger partial charge in [0.05, 0.1) is 13.3 Å². The van der Waals surface area contributed by atoms with Gasteiger partial charge in [0.1, 0.15) is 5.75 Å². The lowest BCUT2D eigenvalue weighted by Crippen LogP contribution is -2.05. The van der Waals surface area contributed by atoms with Crippen LogP contribution in [0.25, 0.3) is 0 Å². The van der Waals surface area contributed by atoms with E-state index in [4.69, 9.17) is 10.5 Å². The molecule has 1 heterocycles. The molecule has 1 atom stereocenters. The topological polar surface area (TPSA) is 48.1 Å². The molecule has 0 fully saturated rings. The molecular formula is C8H12N2O. The van der Waals surface area contributed by atoms with Gasteiger partial charge in [-0.25, -0.2) is 0 Å². The normalized spacial score (nSPS) is 12.6. The Hall–Kier alpha value is -1.09. The fourth-order valence-electron chi connectivity index (χ4n) is 0.796. The molecule has 0 amide bonds. The average Bonchev–Trinajstić information content (AvgIpc) is 2.05. The molecule has 0 bridgehead atoms. The van der Waals surface area contributed by atoms with Crippen molar-refractivity contribution < 1.29 is 4.74 Å². The van der Waals surface area contributed by atoms with E-state index in [1.165, 1.54) is 0 Å². The van der Waals surface area contributed by atoms with Crippen LogP contribution in [0.2, 0.25) is 0 Å². The van der Waals surface area contributed by atoms with Gasteiger partial charge in [0.25, 0.3) is 0 Å². The highest BCUT2D eigenvalue weighted by molar-refractivity contribution is 5.25. The van der Waals surface area contributed by atoms with E-state index in [1.807, 2.05) is 13.0 Å². The maximum Gasteiger partial charge on any atom is 0.137 e. The van der Waals surface area contributed by atoms with Crippen LogP contribution in [0.1, 0.15) is 18.5 Å². The van der Waals surface area contributed by atoms with Gasteiger partial charge >= 0.3 is 0 Å². The van der Waals surface area contributed by atoms with Crippen LogP contribution >= 0.6 is 0 Å². The number of pyridine rings is 1. The molecule has 11 heavy (non-hydrogen) atoms. The maximum absolute atomic E-state index is 5.64. The zero-order valence-corrected chi connectivity index (χ0v) is 6.74. The number of methoxy groups -OCH3 is 1. The summed E-state index contributed by atoms with van der Waals surface area (Å²) in [4.78, 5) is 3.97. The van der Waals surface area contributed by atoms with E-state index in [0.717, 1.165) is 11.3 Å². The van der Waals surface area contributed by atoms with Gasteiger partial charge in [-0.15, -0.1) is 0 Å². The van der Waals surface area contributed by atoms with Crippen molar-refractivity contribution in [1.29, 1.82) is 0 Å². The van der Waals surface area contributed by atoms with Crippen molar-refractivity contribution in [2.75, 3.05) is 7.11 Å². The Morgan fingerprint density at radius 3 is 2.82 bits per heavy atom. The molecule has 0 spiro atoms. The minimum atomic E-state index is 0.0117. The molecule has 2 N–H and O–H groups in total. The number of hydrogen-bond acceptors (Lipinski definition) is 3. The Morgan fingerprint density at radius 1 is 1.55 bits per heavy atom. The number of rotatable bonds is 2. The summed E-state index contributed by atoms with van der Waals surface area (Å²) in [5.41, 5.74) is 6.63. The Bertz CT molecular complexity index is 235. The Labute approximate surface area is 66.2 Å². The van der Waals surface area contributed by atoms with Gasteiger partial charge < -0.3 is 10.5 Å². The molecule has 0 aliphatic rings. The Kier molecular flexibility index (Phi) is 2.44. The first-order valence-electron chi connectivity index (χ1n) is 3.48. The number of ether oxygens (including phenoxy) is 1. The second kappa shape index (κ2) is 3.34. The van der Waals surface area contributed by atoms with Gasteiger partial charge in [0.2, 0.25) is 0 Å². The molecule has 60 valence electrons. The van der Waals surface area contributed by atoms with Crippen molar-refractivity contribution in [3.63, 3.8) is 0 Å². The van der Waals surface area contributed by atoms with Crippen LogP contribution in [0.4, 0.5) is 0 Å². The van der Waals surface area contributed by atoms with Crippen molar-refractivity contribution in [3.8, 4) is 5.75 Å². The van der Waals surface area contributed by atoms with Gasteiger partial charge in [-0.3, -0.25) is 4.98 Å². The largest absolute Gasteiger partial charge is 0.495 e. The summed E-state index contributed by atoms with van der Waals surface area (Å²) in [5, 5.41) is 0. The third-order valence-electron chi connectivity index (χ3n) is 1.50. The molecule has 0 aromatic carbocycles. The smallest absolute Gasteiger partial charge is 0.137 e. The summed E-state index contributed by atoms with van der Waals surface area (Å²) in [6, 6.07) is 1.90. The highest BCUT2D eigenvalue weighted by atomic mass is 16.5. The van der Waals surface area contributed by atoms with E-state index in [9.17, 15) is 0 Å². The second-order valence-corrected chi connectivity index (χ2v) is 2.45. The maximum atomic E-state index is 5.64. The number of hydrogen-bond donors (Lipinski definition) is 1. The van der Waals surface area contributed by atoms with E-state index < -0.39 is 0 Å². The number of aromatic nitrogens is 1. The van der Waals surface area contributed by atoms with E-state index in [0.29, 0.717) is 0 Å². The highest BCUT2D eigenvalue weighted by Crippen LogP contribution is 2.14. The van der Waals surface area contributed by atoms with Crippen LogP contribution in [-0.2, 0) is 0 Å². The first-order chi connectivity index (χ1) is 5.24. The first-order valence-corrected chi connectivity index (χ1v) is 3.48. The molecule has 0 aliphatic carbocycles. The van der Waals surface area contributed by atoms with Crippen LogP contribution in [0.15, 0.2) is 18.5 Å². The molecule has 0 unspecified atom stereocenters. The molecular weight excluding hydrogens is 140 g/mol. The summed E-state index contributed by atoms with van der Waals surface area (Å²) < 4.78 is 4.99. The van der Waals surface area contributed by atoms with Gasteiger partial charge in [0, 0.05) is 12.2 Å². The van der Waals surface area contributed by atoms with E-state index in [1.54, 1.807) is 19.5 Å². The van der Waals surface area contributed by atoms with Crippen LogP contribution in [0.5, 0.6) is 5.75 Å². The molecule has 1 rings (SSSR count). The van der Waals surface area contributed by atoms with Crippen LogP contribution in [0, 0.1) is 0 Å². The van der Waals surface area contributed by atoms with E-state index in [2.05, 4.69) is 4.98 Å². The summed E-state index contributed by atoms with van der Waals surface area (Å²) in [6.07, 6.45) is 3.40. The number of nitrogens with two attached hydrogens (primary N) is 1. The van der Waals surface area contributed by atoms with Crippen molar-refractivity contribution in [2.45, 2.75) is 13.0 Å². The van der Waals surface area contributed by atoms with E-state index in [-0.39, 0.29) is 6.04 Å². The lowest BCUT2D eigenvalue weighted by molar-refractivity contribution is 0.412. The second-order valence-electron chi connectivity index (χ2n) is 2.45. The van der Waals surface area contributed by atoms with Crippen LogP contribution < -0.4 is 10.5 Å². The molecule has 1 aromatic heterocycles. The average molecular weight is 152 g/mol. The van der Waals surface area contributed by atoms with Gasteiger partial charge in [-0.1, -0.05) is 0 Å². The minimum Gasteiger partial charge on any atom is -0.495 e. The fraction of sp³-hybridized carbons (Fsp3) is 0.375. The lowest BCUT2D eigenvalue weighted by Gasteiger charge is -2.05. The third-order valence-corrected chi connectivity index (χ3v) is 1.50. The van der Waals surface area contributed by atoms with Crippen molar-refractivity contribution >= 4 is 0 Å². The quantitative estimate of drug-likeness (QED) is 0.690. The summed E-state index contributed by atoms with van der Waals surface area (Å²) in [5.74, 6) is 0.750. The fourth-order valence-corrected chi connectivity index (χ4v) is 0.796. The molecule has 0 saturated heterocycles. The van der Waals surface area contributed by atoms with Gasteiger partial charge in [-0.2, -0.15) is 0 Å². The SMILES string of the molecule is COc1cncc([C@H](C)N)c1. The monoisotopic (exact) mass is 152 g/mol. The summed E-state index contributed by atoms with van der Waals surface area (Å²) >= 11 is 0. The molecule has 1 aromatic rings. The van der Waals surface area contributed by atoms with Crippen LogP contribution in [0.3, 0.4) is 0 Å². The predicted molar refractivity (Wildman–Crippen MR) is 43.4 cm³/mol. The number of nitrogens with zero attached hydrogens (tertiary/aromatic N) is 1. The summed E-state index contributed by atoms with van der Waals surface area (Å²) in [6.45, 7) is 1.91. The van der Waals surface area contributed by atoms with Gasteiger partial charge in [-0.05, 0) is 18.6 Å². The lowest BCUT2D eigenvalue weighted by atomic mass is 10.1. The third kappa shape index (κ3) is 1.91.